The first kappa shape index (κ1) is 20.6. The molecule has 0 bridgehead atoms. The molecule has 2 atom stereocenters. The third-order valence-electron chi connectivity index (χ3n) is 5.24. The van der Waals surface area contributed by atoms with Crippen molar-refractivity contribution in [3.63, 3.8) is 0 Å². The number of nitrogens with zero attached hydrogens (tertiary/aromatic N) is 4. The van der Waals surface area contributed by atoms with Crippen molar-refractivity contribution in [1.82, 2.24) is 25.1 Å². The molecule has 0 radical (unpaired) electrons. The number of rotatable bonds is 9. The minimum atomic E-state index is -0.267. The number of amides is 1. The van der Waals surface area contributed by atoms with E-state index in [1.807, 2.05) is 43.5 Å². The number of carbonyl (C=O) groups is 1. The van der Waals surface area contributed by atoms with Crippen molar-refractivity contribution in [2.75, 3.05) is 0 Å². The highest BCUT2D eigenvalue weighted by Crippen LogP contribution is 2.41. The fourth-order valence-corrected chi connectivity index (χ4v) is 4.44. The van der Waals surface area contributed by atoms with Gasteiger partial charge in [0.25, 0.3) is 0 Å². The Labute approximate surface area is 181 Å². The summed E-state index contributed by atoms with van der Waals surface area (Å²) in [6, 6.07) is 14.5. The number of hydrogen-bond acceptors (Lipinski definition) is 5. The van der Waals surface area contributed by atoms with E-state index in [9.17, 15) is 4.79 Å². The number of hydrogen-bond donors (Lipinski definition) is 1. The second kappa shape index (κ2) is 9.43. The van der Waals surface area contributed by atoms with E-state index in [1.54, 1.807) is 6.20 Å². The molecule has 7 heteroatoms. The van der Waals surface area contributed by atoms with Gasteiger partial charge in [-0.2, -0.15) is 0 Å². The lowest BCUT2D eigenvalue weighted by molar-refractivity contribution is -0.121. The molecule has 1 aliphatic carbocycles. The highest BCUT2D eigenvalue weighted by molar-refractivity contribution is 8.00. The smallest absolute Gasteiger partial charge is 0.233 e. The number of nitrogens with one attached hydrogen (secondary N) is 1. The molecule has 0 unspecified atom stereocenters. The Hall–Kier alpha value is -2.67. The van der Waals surface area contributed by atoms with Gasteiger partial charge in [-0.05, 0) is 43.9 Å². The number of aromatic nitrogens is 4. The molecule has 2 aromatic heterocycles. The van der Waals surface area contributed by atoms with Crippen molar-refractivity contribution < 1.29 is 4.79 Å². The lowest BCUT2D eigenvalue weighted by atomic mass is 10.0. The van der Waals surface area contributed by atoms with Gasteiger partial charge in [0.05, 0.1) is 11.3 Å². The molecule has 0 saturated heterocycles. The van der Waals surface area contributed by atoms with Crippen LogP contribution in [0.4, 0.5) is 0 Å². The van der Waals surface area contributed by atoms with Crippen molar-refractivity contribution in [3.8, 4) is 11.4 Å². The first-order chi connectivity index (χ1) is 14.7. The molecule has 6 nitrogen and oxygen atoms in total. The molecule has 0 spiro atoms. The van der Waals surface area contributed by atoms with Gasteiger partial charge in [-0.15, -0.1) is 10.2 Å². The predicted octanol–water partition coefficient (Wildman–Crippen LogP) is 4.81. The van der Waals surface area contributed by atoms with E-state index in [-0.39, 0.29) is 17.2 Å². The Bertz CT molecular complexity index is 972. The predicted molar refractivity (Wildman–Crippen MR) is 119 cm³/mol. The van der Waals surface area contributed by atoms with Crippen molar-refractivity contribution >= 4 is 17.7 Å². The Morgan fingerprint density at radius 3 is 2.67 bits per heavy atom. The van der Waals surface area contributed by atoms with Crippen molar-refractivity contribution in [1.29, 1.82) is 0 Å². The third kappa shape index (κ3) is 4.73. The molecular weight excluding hydrogens is 394 g/mol. The standard InChI is InChI=1S/C23H27N5OS/c1-3-8-20(17-9-5-4-6-10-17)25-22(29)16(2)30-23-27-26-21(28(23)19-12-13-19)18-11-7-14-24-15-18/h4-7,9-11,14-16,19-20H,3,8,12-13H2,1-2H3,(H,25,29)/t16-,20+/m1/s1. The summed E-state index contributed by atoms with van der Waals surface area (Å²) in [7, 11) is 0. The zero-order valence-electron chi connectivity index (χ0n) is 17.4. The van der Waals surface area contributed by atoms with Crippen LogP contribution in [-0.2, 0) is 4.79 Å². The highest BCUT2D eigenvalue weighted by atomic mass is 32.2. The van der Waals surface area contributed by atoms with Crippen LogP contribution in [0.25, 0.3) is 11.4 Å². The van der Waals surface area contributed by atoms with Crippen LogP contribution in [0.2, 0.25) is 0 Å². The van der Waals surface area contributed by atoms with Crippen LogP contribution in [0.1, 0.15) is 57.2 Å². The highest BCUT2D eigenvalue weighted by Gasteiger charge is 2.31. The second-order valence-electron chi connectivity index (χ2n) is 7.67. The van der Waals surface area contributed by atoms with E-state index in [4.69, 9.17) is 0 Å². The number of carbonyl (C=O) groups excluding carboxylic acids is 1. The van der Waals surface area contributed by atoms with Gasteiger partial charge >= 0.3 is 0 Å². The molecule has 0 aliphatic heterocycles. The van der Waals surface area contributed by atoms with Crippen LogP contribution in [-0.4, -0.2) is 30.9 Å². The summed E-state index contributed by atoms with van der Waals surface area (Å²) < 4.78 is 2.17. The average molecular weight is 422 g/mol. The van der Waals surface area contributed by atoms with E-state index >= 15 is 0 Å². The molecule has 1 fully saturated rings. The fraction of sp³-hybridized carbons (Fsp3) is 0.391. The van der Waals surface area contributed by atoms with Crippen LogP contribution in [0.3, 0.4) is 0 Å². The van der Waals surface area contributed by atoms with Crippen molar-refractivity contribution in [3.05, 3.63) is 60.4 Å². The van der Waals surface area contributed by atoms with Gasteiger partial charge in [-0.1, -0.05) is 55.4 Å². The zero-order chi connectivity index (χ0) is 20.9. The maximum Gasteiger partial charge on any atom is 0.233 e. The summed E-state index contributed by atoms with van der Waals surface area (Å²) in [6.45, 7) is 4.07. The largest absolute Gasteiger partial charge is 0.348 e. The maximum atomic E-state index is 13.0. The quantitative estimate of drug-likeness (QED) is 0.502. The molecule has 1 saturated carbocycles. The Morgan fingerprint density at radius 1 is 1.20 bits per heavy atom. The number of pyridine rings is 1. The Balaban J connectivity index is 1.49. The van der Waals surface area contributed by atoms with E-state index in [0.29, 0.717) is 6.04 Å². The summed E-state index contributed by atoms with van der Waals surface area (Å²) in [6.07, 6.45) is 7.71. The van der Waals surface area contributed by atoms with Crippen LogP contribution in [0.15, 0.2) is 60.0 Å². The van der Waals surface area contributed by atoms with Gasteiger partial charge in [-0.3, -0.25) is 14.3 Å². The summed E-state index contributed by atoms with van der Waals surface area (Å²) >= 11 is 1.47. The Kier molecular flexibility index (Phi) is 6.47. The van der Waals surface area contributed by atoms with Crippen molar-refractivity contribution in [2.24, 2.45) is 0 Å². The average Bonchev–Trinajstić information content (AvgIpc) is 3.54. The lowest BCUT2D eigenvalue weighted by Crippen LogP contribution is -2.34. The molecule has 3 aromatic rings. The number of thioether (sulfide) groups is 1. The summed E-state index contributed by atoms with van der Waals surface area (Å²) in [5.74, 6) is 0.851. The van der Waals surface area contributed by atoms with Gasteiger partial charge in [0.1, 0.15) is 0 Å². The van der Waals surface area contributed by atoms with Gasteiger partial charge < -0.3 is 5.32 Å². The molecule has 1 aliphatic rings. The Morgan fingerprint density at radius 2 is 2.00 bits per heavy atom. The van der Waals surface area contributed by atoms with Gasteiger partial charge in [0.2, 0.25) is 5.91 Å². The van der Waals surface area contributed by atoms with E-state index in [0.717, 1.165) is 47.8 Å². The van der Waals surface area contributed by atoms with Gasteiger partial charge in [-0.25, -0.2) is 0 Å². The minimum absolute atomic E-state index is 0.0237. The molecule has 2 heterocycles. The summed E-state index contributed by atoms with van der Waals surface area (Å²) in [5, 5.41) is 12.6. The molecular formula is C23H27N5OS. The normalized spacial score (nSPS) is 15.5. The van der Waals surface area contributed by atoms with E-state index in [1.165, 1.54) is 11.8 Å². The molecule has 1 N–H and O–H groups in total. The lowest BCUT2D eigenvalue weighted by Gasteiger charge is -2.21. The van der Waals surface area contributed by atoms with Crippen molar-refractivity contribution in [2.45, 2.75) is 62.0 Å². The number of benzene rings is 1. The first-order valence-electron chi connectivity index (χ1n) is 10.5. The van der Waals surface area contributed by atoms with Crippen LogP contribution >= 0.6 is 11.8 Å². The van der Waals surface area contributed by atoms with Gasteiger partial charge in [0.15, 0.2) is 11.0 Å². The molecule has 4 rings (SSSR count). The monoisotopic (exact) mass is 421 g/mol. The third-order valence-corrected chi connectivity index (χ3v) is 6.30. The summed E-state index contributed by atoms with van der Waals surface area (Å²) in [5.41, 5.74) is 2.10. The van der Waals surface area contributed by atoms with E-state index < -0.39 is 0 Å². The van der Waals surface area contributed by atoms with Crippen LogP contribution in [0.5, 0.6) is 0 Å². The van der Waals surface area contributed by atoms with E-state index in [2.05, 4.69) is 44.1 Å². The second-order valence-corrected chi connectivity index (χ2v) is 8.98. The fourth-order valence-electron chi connectivity index (χ4n) is 3.51. The maximum absolute atomic E-state index is 13.0. The van der Waals surface area contributed by atoms with Gasteiger partial charge in [0, 0.05) is 24.0 Å². The van der Waals surface area contributed by atoms with Crippen LogP contribution < -0.4 is 5.32 Å². The molecule has 1 amide bonds. The molecule has 156 valence electrons. The minimum Gasteiger partial charge on any atom is -0.348 e. The summed E-state index contributed by atoms with van der Waals surface area (Å²) in [4.78, 5) is 17.2. The van der Waals surface area contributed by atoms with Crippen LogP contribution in [0, 0.1) is 0 Å². The topological polar surface area (TPSA) is 72.7 Å². The molecule has 30 heavy (non-hydrogen) atoms. The first-order valence-corrected chi connectivity index (χ1v) is 11.4. The molecule has 1 aromatic carbocycles. The zero-order valence-corrected chi connectivity index (χ0v) is 18.2. The SMILES string of the molecule is CCC[C@H](NC(=O)[C@@H](C)Sc1nnc(-c2cccnc2)n1C1CC1)c1ccccc1.